The number of hydrogen-bond acceptors (Lipinski definition) is 3. The van der Waals surface area contributed by atoms with Crippen molar-refractivity contribution in [3.8, 4) is 5.75 Å². The van der Waals surface area contributed by atoms with E-state index in [4.69, 9.17) is 4.74 Å². The summed E-state index contributed by atoms with van der Waals surface area (Å²) in [7, 11) is 0. The van der Waals surface area contributed by atoms with Gasteiger partial charge in [-0.1, -0.05) is 15.9 Å². The summed E-state index contributed by atoms with van der Waals surface area (Å²) in [6.45, 7) is 0.704. The number of carbonyl (C=O) groups is 1. The molecule has 5 heteroatoms. The van der Waals surface area contributed by atoms with Gasteiger partial charge in [0.25, 0.3) is 0 Å². The molecule has 1 aromatic carbocycles. The van der Waals surface area contributed by atoms with Crippen LogP contribution in [0.15, 0.2) is 32.5 Å². The van der Waals surface area contributed by atoms with Gasteiger partial charge in [-0.15, -0.1) is 11.3 Å². The summed E-state index contributed by atoms with van der Waals surface area (Å²) in [5, 5.41) is 1.92. The summed E-state index contributed by atoms with van der Waals surface area (Å²) in [6.07, 6.45) is 1.29. The van der Waals surface area contributed by atoms with Crippen LogP contribution >= 0.6 is 43.2 Å². The highest BCUT2D eigenvalue weighted by molar-refractivity contribution is 9.10. The molecule has 2 heterocycles. The van der Waals surface area contributed by atoms with E-state index < -0.39 is 0 Å². The first-order chi connectivity index (χ1) is 9.15. The summed E-state index contributed by atoms with van der Waals surface area (Å²) in [4.78, 5) is 13.1. The first-order valence-corrected chi connectivity index (χ1v) is 8.32. The second-order valence-corrected chi connectivity index (χ2v) is 7.04. The Balaban J connectivity index is 1.92. The minimum absolute atomic E-state index is 0.123. The smallest absolute Gasteiger partial charge is 0.178 e. The molecular formula is C14H10Br2O2S. The molecule has 0 saturated carbocycles. The van der Waals surface area contributed by atoms with E-state index in [1.54, 1.807) is 0 Å². The zero-order valence-corrected chi connectivity index (χ0v) is 13.9. The van der Waals surface area contributed by atoms with Crippen LogP contribution in [0.25, 0.3) is 0 Å². The molecule has 0 spiro atoms. The van der Waals surface area contributed by atoms with Crippen LogP contribution in [-0.2, 0) is 12.8 Å². The largest absolute Gasteiger partial charge is 0.493 e. The van der Waals surface area contributed by atoms with Gasteiger partial charge in [0, 0.05) is 27.4 Å². The molecular weight excluding hydrogens is 392 g/mol. The van der Waals surface area contributed by atoms with E-state index in [9.17, 15) is 4.79 Å². The van der Waals surface area contributed by atoms with Gasteiger partial charge in [-0.3, -0.25) is 4.79 Å². The zero-order chi connectivity index (χ0) is 13.4. The Bertz CT molecular complexity index is 649. The minimum atomic E-state index is 0.123. The van der Waals surface area contributed by atoms with Crippen LogP contribution in [0.2, 0.25) is 0 Å². The highest BCUT2D eigenvalue weighted by atomic mass is 79.9. The molecule has 0 atom stereocenters. The Kier molecular flexibility index (Phi) is 3.78. The molecule has 3 rings (SSSR count). The van der Waals surface area contributed by atoms with Gasteiger partial charge in [0.15, 0.2) is 5.78 Å². The number of halogens is 2. The fourth-order valence-corrected chi connectivity index (χ4v) is 4.31. The second-order valence-electron chi connectivity index (χ2n) is 4.35. The van der Waals surface area contributed by atoms with Crippen molar-refractivity contribution in [3.63, 3.8) is 0 Å². The molecule has 0 unspecified atom stereocenters. The van der Waals surface area contributed by atoms with E-state index in [-0.39, 0.29) is 5.78 Å². The Labute approximate surface area is 132 Å². The van der Waals surface area contributed by atoms with Crippen LogP contribution < -0.4 is 4.74 Å². The number of benzene rings is 1. The maximum atomic E-state index is 12.3. The Morgan fingerprint density at radius 2 is 2.21 bits per heavy atom. The van der Waals surface area contributed by atoms with Crippen LogP contribution in [0.1, 0.15) is 20.8 Å². The van der Waals surface area contributed by atoms with Crippen LogP contribution in [-0.4, -0.2) is 12.4 Å². The molecule has 98 valence electrons. The Hall–Kier alpha value is -0.650. The second kappa shape index (κ2) is 5.38. The average molecular weight is 402 g/mol. The quantitative estimate of drug-likeness (QED) is 0.700. The van der Waals surface area contributed by atoms with E-state index in [0.717, 1.165) is 31.6 Å². The van der Waals surface area contributed by atoms with Crippen molar-refractivity contribution < 1.29 is 9.53 Å². The topological polar surface area (TPSA) is 26.3 Å². The van der Waals surface area contributed by atoms with Crippen molar-refractivity contribution >= 4 is 49.0 Å². The highest BCUT2D eigenvalue weighted by Gasteiger charge is 2.21. The van der Waals surface area contributed by atoms with Crippen LogP contribution in [0.4, 0.5) is 0 Å². The molecule has 2 nitrogen and oxygen atoms in total. The van der Waals surface area contributed by atoms with Crippen molar-refractivity contribution in [3.05, 3.63) is 48.5 Å². The van der Waals surface area contributed by atoms with E-state index in [1.165, 1.54) is 16.9 Å². The number of ketones is 1. The molecule has 0 radical (unpaired) electrons. The third-order valence-electron chi connectivity index (χ3n) is 3.05. The zero-order valence-electron chi connectivity index (χ0n) is 9.91. The van der Waals surface area contributed by atoms with E-state index in [0.29, 0.717) is 13.0 Å². The maximum absolute atomic E-state index is 12.3. The number of rotatable bonds is 3. The first kappa shape index (κ1) is 13.3. The summed E-state index contributed by atoms with van der Waals surface area (Å²) in [6, 6.07) is 5.95. The maximum Gasteiger partial charge on any atom is 0.178 e. The summed E-state index contributed by atoms with van der Waals surface area (Å²) >= 11 is 8.37. The van der Waals surface area contributed by atoms with Gasteiger partial charge in [-0.05, 0) is 45.1 Å². The summed E-state index contributed by atoms with van der Waals surface area (Å²) in [5.41, 5.74) is 2.15. The molecule has 0 fully saturated rings. The van der Waals surface area contributed by atoms with Crippen molar-refractivity contribution in [1.29, 1.82) is 0 Å². The molecule has 19 heavy (non-hydrogen) atoms. The van der Waals surface area contributed by atoms with Gasteiger partial charge in [0.1, 0.15) is 5.75 Å². The van der Waals surface area contributed by atoms with Gasteiger partial charge in [0.2, 0.25) is 0 Å². The predicted octanol–water partition coefficient (Wildman–Crippen LogP) is 4.63. The Morgan fingerprint density at radius 1 is 1.37 bits per heavy atom. The van der Waals surface area contributed by atoms with Crippen molar-refractivity contribution in [2.45, 2.75) is 12.8 Å². The lowest BCUT2D eigenvalue weighted by Gasteiger charge is -2.08. The third kappa shape index (κ3) is 2.64. The molecule has 0 saturated heterocycles. The van der Waals surface area contributed by atoms with Gasteiger partial charge >= 0.3 is 0 Å². The number of hydrogen-bond donors (Lipinski definition) is 0. The van der Waals surface area contributed by atoms with Crippen LogP contribution in [0.5, 0.6) is 5.75 Å². The molecule has 0 bridgehead atoms. The SMILES string of the molecule is O=C(Cc1cc(Br)cc2c1OCC2)c1sccc1Br. The number of Topliss-reactive ketones (excluding diaryl/α,β-unsaturated/α-hetero) is 1. The highest BCUT2D eigenvalue weighted by Crippen LogP contribution is 2.34. The third-order valence-corrected chi connectivity index (χ3v) is 5.38. The fourth-order valence-electron chi connectivity index (χ4n) is 2.22. The van der Waals surface area contributed by atoms with Crippen molar-refractivity contribution in [2.75, 3.05) is 6.61 Å². The molecule has 1 aliphatic heterocycles. The normalized spacial score (nSPS) is 13.2. The van der Waals surface area contributed by atoms with Gasteiger partial charge < -0.3 is 4.74 Å². The van der Waals surface area contributed by atoms with Crippen molar-refractivity contribution in [2.24, 2.45) is 0 Å². The average Bonchev–Trinajstić information content (AvgIpc) is 2.97. The molecule has 0 amide bonds. The van der Waals surface area contributed by atoms with Crippen LogP contribution in [0, 0.1) is 0 Å². The number of ether oxygens (including phenoxy) is 1. The van der Waals surface area contributed by atoms with Gasteiger partial charge in [-0.2, -0.15) is 0 Å². The van der Waals surface area contributed by atoms with E-state index in [2.05, 4.69) is 37.9 Å². The number of fused-ring (bicyclic) bond motifs is 1. The lowest BCUT2D eigenvalue weighted by atomic mass is 10.0. The van der Waals surface area contributed by atoms with Gasteiger partial charge in [-0.25, -0.2) is 0 Å². The summed E-state index contributed by atoms with van der Waals surface area (Å²) < 4.78 is 7.53. The number of thiophene rings is 1. The lowest BCUT2D eigenvalue weighted by Crippen LogP contribution is -2.03. The minimum Gasteiger partial charge on any atom is -0.493 e. The molecule has 1 aliphatic rings. The lowest BCUT2D eigenvalue weighted by molar-refractivity contribution is 0.0995. The fraction of sp³-hybridized carbons (Fsp3) is 0.214. The molecule has 0 aliphatic carbocycles. The molecule has 0 N–H and O–H groups in total. The van der Waals surface area contributed by atoms with Gasteiger partial charge in [0.05, 0.1) is 11.5 Å². The Morgan fingerprint density at radius 3 is 2.95 bits per heavy atom. The van der Waals surface area contributed by atoms with Crippen molar-refractivity contribution in [1.82, 2.24) is 0 Å². The monoisotopic (exact) mass is 400 g/mol. The number of carbonyl (C=O) groups excluding carboxylic acids is 1. The summed E-state index contributed by atoms with van der Waals surface area (Å²) in [5.74, 6) is 1.02. The van der Waals surface area contributed by atoms with Crippen LogP contribution in [0.3, 0.4) is 0 Å². The first-order valence-electron chi connectivity index (χ1n) is 5.85. The standard InChI is InChI=1S/C14H10Br2O2S/c15-10-5-8-1-3-18-13(8)9(6-10)7-12(17)14-11(16)2-4-19-14/h2,4-6H,1,3,7H2. The molecule has 2 aromatic rings. The van der Waals surface area contributed by atoms with E-state index >= 15 is 0 Å². The predicted molar refractivity (Wildman–Crippen MR) is 83.4 cm³/mol. The molecule has 1 aromatic heterocycles. The van der Waals surface area contributed by atoms with E-state index in [1.807, 2.05) is 17.5 Å².